The maximum absolute atomic E-state index is 3.36. The number of para-hydroxylation sites is 1. The number of hydrogen-bond donors (Lipinski definition) is 0. The van der Waals surface area contributed by atoms with E-state index in [-0.39, 0.29) is 0 Å². The molecule has 2 rings (SSSR count). The molecule has 0 atom stereocenters. The van der Waals surface area contributed by atoms with Crippen LogP contribution in [-0.4, -0.2) is 37.6 Å². The molecule has 0 N–H and O–H groups in total. The largest absolute Gasteiger partial charge is 0.368 e. The lowest BCUT2D eigenvalue weighted by molar-refractivity contribution is 0.252. The average molecular weight is 386 g/mol. The first-order chi connectivity index (χ1) is 13.9. The van der Waals surface area contributed by atoms with Crippen LogP contribution in [0.25, 0.3) is 0 Å². The smallest absolute Gasteiger partial charge is 0.0447 e. The Balaban J connectivity index is 1.33. The molecular formula is C26H45N2. The monoisotopic (exact) mass is 385 g/mol. The minimum atomic E-state index is 1.15. The van der Waals surface area contributed by atoms with Gasteiger partial charge in [0.1, 0.15) is 0 Å². The molecular weight excluding hydrogens is 340 g/mol. The van der Waals surface area contributed by atoms with Crippen LogP contribution in [0.4, 0.5) is 5.69 Å². The van der Waals surface area contributed by atoms with Gasteiger partial charge in [-0.05, 0) is 19.0 Å². The molecule has 0 unspecified atom stereocenters. The van der Waals surface area contributed by atoms with Gasteiger partial charge in [-0.3, -0.25) is 4.90 Å². The highest BCUT2D eigenvalue weighted by Gasteiger charge is 2.16. The average Bonchev–Trinajstić information content (AvgIpc) is 2.75. The fourth-order valence-corrected chi connectivity index (χ4v) is 4.32. The molecule has 0 spiro atoms. The Hall–Kier alpha value is -1.02. The third kappa shape index (κ3) is 10.5. The molecule has 0 aliphatic carbocycles. The SMILES string of the molecule is CCCCCCCCCCCCCCCCN1CCN(c2[c]cccc2)CC1. The van der Waals surface area contributed by atoms with E-state index in [0.29, 0.717) is 0 Å². The topological polar surface area (TPSA) is 6.48 Å². The van der Waals surface area contributed by atoms with Crippen LogP contribution in [-0.2, 0) is 0 Å². The van der Waals surface area contributed by atoms with Gasteiger partial charge in [0.25, 0.3) is 0 Å². The van der Waals surface area contributed by atoms with Crippen molar-refractivity contribution in [2.45, 2.75) is 96.8 Å². The first-order valence-corrected chi connectivity index (χ1v) is 12.3. The number of piperazine rings is 1. The number of benzene rings is 1. The summed E-state index contributed by atoms with van der Waals surface area (Å²) in [4.78, 5) is 5.13. The maximum Gasteiger partial charge on any atom is 0.0447 e. The molecule has 2 nitrogen and oxygen atoms in total. The Morgan fingerprint density at radius 2 is 1.21 bits per heavy atom. The molecule has 159 valence electrons. The van der Waals surface area contributed by atoms with Crippen molar-refractivity contribution in [3.8, 4) is 0 Å². The van der Waals surface area contributed by atoms with Crippen LogP contribution >= 0.6 is 0 Å². The molecule has 2 heteroatoms. The van der Waals surface area contributed by atoms with Crippen LogP contribution in [0.1, 0.15) is 96.8 Å². The molecule has 28 heavy (non-hydrogen) atoms. The van der Waals surface area contributed by atoms with Gasteiger partial charge < -0.3 is 4.90 Å². The van der Waals surface area contributed by atoms with Crippen LogP contribution in [0, 0.1) is 6.07 Å². The molecule has 0 bridgehead atoms. The molecule has 1 heterocycles. The van der Waals surface area contributed by atoms with Gasteiger partial charge in [-0.2, -0.15) is 0 Å². The number of nitrogens with zero attached hydrogens (tertiary/aromatic N) is 2. The predicted molar refractivity (Wildman–Crippen MR) is 124 cm³/mol. The van der Waals surface area contributed by atoms with Crippen LogP contribution in [0.3, 0.4) is 0 Å². The Kier molecular flexibility index (Phi) is 13.2. The van der Waals surface area contributed by atoms with Crippen molar-refractivity contribution >= 4 is 5.69 Å². The summed E-state index contributed by atoms with van der Waals surface area (Å²) < 4.78 is 0. The standard InChI is InChI=1S/C26H45N2/c1-2-3-4-5-6-7-8-9-10-11-12-13-14-18-21-27-22-24-28(25-23-27)26-19-16-15-17-20-26/h15-17,19H,2-14,18,21-25H2,1H3. The van der Waals surface area contributed by atoms with Gasteiger partial charge in [-0.25, -0.2) is 0 Å². The van der Waals surface area contributed by atoms with Crippen LogP contribution in [0.15, 0.2) is 24.3 Å². The van der Waals surface area contributed by atoms with Gasteiger partial charge in [0.15, 0.2) is 0 Å². The van der Waals surface area contributed by atoms with E-state index in [2.05, 4.69) is 41.0 Å². The first-order valence-electron chi connectivity index (χ1n) is 12.3. The second-order valence-corrected chi connectivity index (χ2v) is 8.67. The van der Waals surface area contributed by atoms with E-state index in [1.54, 1.807) is 0 Å². The molecule has 1 saturated heterocycles. The van der Waals surface area contributed by atoms with E-state index in [1.165, 1.54) is 115 Å². The predicted octanol–water partition coefficient (Wildman–Crippen LogP) is 7.09. The lowest BCUT2D eigenvalue weighted by Gasteiger charge is -2.36. The number of rotatable bonds is 16. The summed E-state index contributed by atoms with van der Waals surface area (Å²) in [6.07, 6.45) is 20.2. The van der Waals surface area contributed by atoms with Crippen molar-refractivity contribution in [2.75, 3.05) is 37.6 Å². The van der Waals surface area contributed by atoms with Crippen molar-refractivity contribution < 1.29 is 0 Å². The molecule has 1 fully saturated rings. The summed E-state index contributed by atoms with van der Waals surface area (Å²) in [6.45, 7) is 8.32. The highest BCUT2D eigenvalue weighted by molar-refractivity contribution is 5.45. The van der Waals surface area contributed by atoms with Crippen molar-refractivity contribution in [2.24, 2.45) is 0 Å². The molecule has 1 radical (unpaired) electrons. The van der Waals surface area contributed by atoms with Gasteiger partial charge in [0, 0.05) is 37.9 Å². The molecule has 0 saturated carbocycles. The van der Waals surface area contributed by atoms with Crippen molar-refractivity contribution in [1.29, 1.82) is 0 Å². The lowest BCUT2D eigenvalue weighted by atomic mass is 10.0. The zero-order chi connectivity index (χ0) is 19.7. The molecule has 0 aromatic heterocycles. The van der Waals surface area contributed by atoms with E-state index in [0.717, 1.165) is 13.1 Å². The van der Waals surface area contributed by atoms with Crippen molar-refractivity contribution in [1.82, 2.24) is 4.90 Å². The molecule has 0 amide bonds. The van der Waals surface area contributed by atoms with E-state index in [9.17, 15) is 0 Å². The maximum atomic E-state index is 3.36. The summed E-state index contributed by atoms with van der Waals surface area (Å²) in [5, 5.41) is 0. The summed E-state index contributed by atoms with van der Waals surface area (Å²) in [5.41, 5.74) is 1.26. The van der Waals surface area contributed by atoms with E-state index >= 15 is 0 Å². The van der Waals surface area contributed by atoms with Gasteiger partial charge in [-0.1, -0.05) is 109 Å². The number of hydrogen-bond acceptors (Lipinski definition) is 2. The second kappa shape index (κ2) is 15.9. The quantitative estimate of drug-likeness (QED) is 0.280. The van der Waals surface area contributed by atoms with Gasteiger partial charge >= 0.3 is 0 Å². The molecule has 1 aromatic rings. The Bertz CT molecular complexity index is 451. The fraction of sp³-hybridized carbons (Fsp3) is 0.769. The second-order valence-electron chi connectivity index (χ2n) is 8.67. The molecule has 1 aliphatic rings. The highest BCUT2D eigenvalue weighted by Crippen LogP contribution is 2.16. The Morgan fingerprint density at radius 1 is 0.679 bits per heavy atom. The summed E-state index contributed by atoms with van der Waals surface area (Å²) in [7, 11) is 0. The third-order valence-corrected chi connectivity index (χ3v) is 6.23. The van der Waals surface area contributed by atoms with Gasteiger partial charge in [0.05, 0.1) is 0 Å². The minimum Gasteiger partial charge on any atom is -0.368 e. The van der Waals surface area contributed by atoms with Crippen molar-refractivity contribution in [3.05, 3.63) is 30.3 Å². The highest BCUT2D eigenvalue weighted by atomic mass is 15.3. The van der Waals surface area contributed by atoms with E-state index in [4.69, 9.17) is 0 Å². The van der Waals surface area contributed by atoms with E-state index in [1.807, 2.05) is 6.07 Å². The van der Waals surface area contributed by atoms with Crippen LogP contribution in [0.5, 0.6) is 0 Å². The number of anilines is 1. The van der Waals surface area contributed by atoms with Crippen molar-refractivity contribution in [3.63, 3.8) is 0 Å². The Morgan fingerprint density at radius 3 is 1.71 bits per heavy atom. The summed E-state index contributed by atoms with van der Waals surface area (Å²) >= 11 is 0. The lowest BCUT2D eigenvalue weighted by Crippen LogP contribution is -2.46. The zero-order valence-corrected chi connectivity index (χ0v) is 18.6. The number of unbranched alkanes of at least 4 members (excludes halogenated alkanes) is 13. The minimum absolute atomic E-state index is 1.15. The summed E-state index contributed by atoms with van der Waals surface area (Å²) in [5.74, 6) is 0. The first kappa shape index (κ1) is 23.3. The summed E-state index contributed by atoms with van der Waals surface area (Å²) in [6, 6.07) is 11.7. The van der Waals surface area contributed by atoms with Crippen LogP contribution < -0.4 is 4.90 Å². The van der Waals surface area contributed by atoms with Crippen LogP contribution in [0.2, 0.25) is 0 Å². The van der Waals surface area contributed by atoms with E-state index < -0.39 is 0 Å². The third-order valence-electron chi connectivity index (χ3n) is 6.23. The van der Waals surface area contributed by atoms with Gasteiger partial charge in [-0.15, -0.1) is 0 Å². The molecule has 1 aliphatic heterocycles. The normalized spacial score (nSPS) is 15.2. The Labute approximate surface area is 175 Å². The zero-order valence-electron chi connectivity index (χ0n) is 18.6. The van der Waals surface area contributed by atoms with Gasteiger partial charge in [0.2, 0.25) is 0 Å². The molecule has 1 aromatic carbocycles. The fourth-order valence-electron chi connectivity index (χ4n) is 4.32.